The summed E-state index contributed by atoms with van der Waals surface area (Å²) in [6.45, 7) is 1.62. The van der Waals surface area contributed by atoms with Crippen molar-refractivity contribution >= 4 is 49.7 Å². The third-order valence-electron chi connectivity index (χ3n) is 4.96. The summed E-state index contributed by atoms with van der Waals surface area (Å²) in [6, 6.07) is 25.6. The lowest BCUT2D eigenvalue weighted by atomic mass is 10.1. The molecule has 0 aliphatic carbocycles. The first-order valence-corrected chi connectivity index (χ1v) is 12.0. The van der Waals surface area contributed by atoms with Gasteiger partial charge in [0.15, 0.2) is 6.10 Å². The van der Waals surface area contributed by atoms with E-state index in [1.165, 1.54) is 24.3 Å². The minimum atomic E-state index is -3.81. The van der Waals surface area contributed by atoms with E-state index in [4.69, 9.17) is 16.3 Å². The number of hydrogen-bond acceptors (Lipinski definition) is 4. The molecular formula is C25H21ClN2O4S. The van der Waals surface area contributed by atoms with E-state index in [9.17, 15) is 13.2 Å². The molecule has 0 heterocycles. The van der Waals surface area contributed by atoms with Crippen molar-refractivity contribution < 1.29 is 17.9 Å². The van der Waals surface area contributed by atoms with Crippen molar-refractivity contribution in [2.45, 2.75) is 17.9 Å². The van der Waals surface area contributed by atoms with E-state index in [1.807, 2.05) is 30.3 Å². The van der Waals surface area contributed by atoms with Gasteiger partial charge in [0, 0.05) is 16.1 Å². The Morgan fingerprint density at radius 1 is 0.879 bits per heavy atom. The Hall–Kier alpha value is -3.55. The molecule has 6 nitrogen and oxygen atoms in total. The van der Waals surface area contributed by atoms with E-state index in [1.54, 1.807) is 43.3 Å². The van der Waals surface area contributed by atoms with Gasteiger partial charge in [-0.2, -0.15) is 0 Å². The molecule has 4 aromatic rings. The predicted octanol–water partition coefficient (Wildman–Crippen LogP) is 5.70. The van der Waals surface area contributed by atoms with Crippen LogP contribution in [0.2, 0.25) is 5.02 Å². The number of nitrogens with one attached hydrogen (secondary N) is 2. The van der Waals surface area contributed by atoms with Crippen LogP contribution in [0.3, 0.4) is 0 Å². The second kappa shape index (κ2) is 9.52. The summed E-state index contributed by atoms with van der Waals surface area (Å²) in [5.74, 6) is 0.150. The number of carbonyl (C=O) groups excluding carboxylic acids is 1. The summed E-state index contributed by atoms with van der Waals surface area (Å²) in [7, 11) is -3.81. The molecule has 4 aromatic carbocycles. The number of hydrogen-bond donors (Lipinski definition) is 2. The number of ether oxygens (including phenoxy) is 1. The van der Waals surface area contributed by atoms with Gasteiger partial charge < -0.3 is 10.1 Å². The van der Waals surface area contributed by atoms with Crippen molar-refractivity contribution in [1.29, 1.82) is 0 Å². The number of halogens is 1. The molecular weight excluding hydrogens is 460 g/mol. The highest BCUT2D eigenvalue weighted by Crippen LogP contribution is 2.26. The SMILES string of the molecule is C[C@H](Oc1ccc(Cl)cc1)C(=O)Nc1ccc(S(=O)(=O)Nc2cccc3ccccc23)cc1. The second-order valence-electron chi connectivity index (χ2n) is 7.36. The van der Waals surface area contributed by atoms with E-state index >= 15 is 0 Å². The quantitative estimate of drug-likeness (QED) is 0.355. The minimum absolute atomic E-state index is 0.0823. The van der Waals surface area contributed by atoms with Crippen LogP contribution in [0.1, 0.15) is 6.92 Å². The molecule has 168 valence electrons. The fourth-order valence-corrected chi connectivity index (χ4v) is 4.46. The van der Waals surface area contributed by atoms with E-state index < -0.39 is 16.1 Å². The van der Waals surface area contributed by atoms with Crippen LogP contribution in [0, 0.1) is 0 Å². The average Bonchev–Trinajstić information content (AvgIpc) is 2.81. The Kier molecular flexibility index (Phi) is 6.53. The van der Waals surface area contributed by atoms with Crippen LogP contribution in [0.4, 0.5) is 11.4 Å². The first-order valence-electron chi connectivity index (χ1n) is 10.2. The van der Waals surface area contributed by atoms with Gasteiger partial charge in [-0.1, -0.05) is 48.0 Å². The van der Waals surface area contributed by atoms with Gasteiger partial charge in [0.1, 0.15) is 5.75 Å². The van der Waals surface area contributed by atoms with Crippen LogP contribution in [0.5, 0.6) is 5.75 Å². The fourth-order valence-electron chi connectivity index (χ4n) is 3.25. The van der Waals surface area contributed by atoms with Crippen molar-refractivity contribution in [3.8, 4) is 5.75 Å². The van der Waals surface area contributed by atoms with E-state index in [-0.39, 0.29) is 10.8 Å². The highest BCUT2D eigenvalue weighted by Gasteiger charge is 2.18. The molecule has 4 rings (SSSR count). The number of carbonyl (C=O) groups is 1. The molecule has 2 N–H and O–H groups in total. The summed E-state index contributed by atoms with van der Waals surface area (Å²) in [6.07, 6.45) is -0.761. The monoisotopic (exact) mass is 480 g/mol. The normalized spacial score (nSPS) is 12.2. The lowest BCUT2D eigenvalue weighted by Crippen LogP contribution is -2.30. The van der Waals surface area contributed by atoms with Crippen molar-refractivity contribution in [1.82, 2.24) is 0 Å². The predicted molar refractivity (Wildman–Crippen MR) is 131 cm³/mol. The Morgan fingerprint density at radius 2 is 1.55 bits per heavy atom. The highest BCUT2D eigenvalue weighted by molar-refractivity contribution is 7.92. The van der Waals surface area contributed by atoms with Gasteiger partial charge >= 0.3 is 0 Å². The highest BCUT2D eigenvalue weighted by atomic mass is 35.5. The Balaban J connectivity index is 1.43. The van der Waals surface area contributed by atoms with Gasteiger partial charge in [-0.3, -0.25) is 9.52 Å². The molecule has 0 aliphatic rings. The summed E-state index contributed by atoms with van der Waals surface area (Å²) >= 11 is 5.85. The maximum absolute atomic E-state index is 12.9. The molecule has 0 fully saturated rings. The molecule has 0 bridgehead atoms. The van der Waals surface area contributed by atoms with Crippen molar-refractivity contribution in [2.75, 3.05) is 10.0 Å². The summed E-state index contributed by atoms with van der Waals surface area (Å²) in [5.41, 5.74) is 0.953. The Labute approximate surface area is 197 Å². The third-order valence-corrected chi connectivity index (χ3v) is 6.60. The maximum Gasteiger partial charge on any atom is 0.265 e. The van der Waals surface area contributed by atoms with Crippen LogP contribution in [0.25, 0.3) is 10.8 Å². The zero-order valence-electron chi connectivity index (χ0n) is 17.7. The number of benzene rings is 4. The molecule has 1 atom stereocenters. The van der Waals surface area contributed by atoms with Gasteiger partial charge in [0.25, 0.3) is 15.9 Å². The van der Waals surface area contributed by atoms with Gasteiger partial charge in [0.2, 0.25) is 0 Å². The van der Waals surface area contributed by atoms with E-state index in [2.05, 4.69) is 10.0 Å². The smallest absolute Gasteiger partial charge is 0.265 e. The summed E-state index contributed by atoms with van der Waals surface area (Å²) in [4.78, 5) is 12.5. The Bertz CT molecular complexity index is 1380. The molecule has 0 saturated carbocycles. The molecule has 0 spiro atoms. The fraction of sp³-hybridized carbons (Fsp3) is 0.0800. The standard InChI is InChI=1S/C25H21ClN2O4S/c1-17(32-21-13-9-19(26)10-14-21)25(29)27-20-11-15-22(16-12-20)33(30,31)28-24-8-4-6-18-5-2-3-7-23(18)24/h2-17,28H,1H3,(H,27,29)/t17-/m0/s1. The van der Waals surface area contributed by atoms with Gasteiger partial charge in [0.05, 0.1) is 10.6 Å². The zero-order chi connectivity index (χ0) is 23.4. The van der Waals surface area contributed by atoms with Gasteiger partial charge in [-0.25, -0.2) is 8.42 Å². The van der Waals surface area contributed by atoms with Crippen LogP contribution < -0.4 is 14.8 Å². The lowest BCUT2D eigenvalue weighted by Gasteiger charge is -2.15. The summed E-state index contributed by atoms with van der Waals surface area (Å²) < 4.78 is 34.0. The van der Waals surface area contributed by atoms with Crippen LogP contribution >= 0.6 is 11.6 Å². The number of fused-ring (bicyclic) bond motifs is 1. The first kappa shape index (κ1) is 22.6. The molecule has 33 heavy (non-hydrogen) atoms. The number of rotatable bonds is 7. The summed E-state index contributed by atoms with van der Waals surface area (Å²) in [5, 5.41) is 5.04. The lowest BCUT2D eigenvalue weighted by molar-refractivity contribution is -0.122. The van der Waals surface area contributed by atoms with Gasteiger partial charge in [-0.05, 0) is 66.9 Å². The molecule has 8 heteroatoms. The second-order valence-corrected chi connectivity index (χ2v) is 9.48. The Morgan fingerprint density at radius 3 is 2.27 bits per heavy atom. The molecule has 0 aliphatic heterocycles. The average molecular weight is 481 g/mol. The van der Waals surface area contributed by atoms with Crippen LogP contribution in [-0.2, 0) is 14.8 Å². The third kappa shape index (κ3) is 5.45. The minimum Gasteiger partial charge on any atom is -0.481 e. The van der Waals surface area contributed by atoms with Crippen LogP contribution in [0.15, 0.2) is 95.9 Å². The molecule has 1 amide bonds. The van der Waals surface area contributed by atoms with E-state index in [0.717, 1.165) is 10.8 Å². The molecule has 0 unspecified atom stereocenters. The topological polar surface area (TPSA) is 84.5 Å². The molecule has 0 aromatic heterocycles. The largest absolute Gasteiger partial charge is 0.481 e. The number of amides is 1. The zero-order valence-corrected chi connectivity index (χ0v) is 19.2. The van der Waals surface area contributed by atoms with Crippen LogP contribution in [-0.4, -0.2) is 20.4 Å². The van der Waals surface area contributed by atoms with Crippen molar-refractivity contribution in [2.24, 2.45) is 0 Å². The molecule has 0 saturated heterocycles. The first-order chi connectivity index (χ1) is 15.8. The van der Waals surface area contributed by atoms with Gasteiger partial charge in [-0.15, -0.1) is 0 Å². The molecule has 0 radical (unpaired) electrons. The van der Waals surface area contributed by atoms with E-state index in [0.29, 0.717) is 22.1 Å². The van der Waals surface area contributed by atoms with Crippen molar-refractivity contribution in [3.63, 3.8) is 0 Å². The maximum atomic E-state index is 12.9. The van der Waals surface area contributed by atoms with Crippen molar-refractivity contribution in [3.05, 3.63) is 96.0 Å². The number of sulfonamides is 1. The number of anilines is 2.